The highest BCUT2D eigenvalue weighted by Crippen LogP contribution is 2.42. The maximum atomic E-state index is 5.67. The fourth-order valence-corrected chi connectivity index (χ4v) is 4.25. The van der Waals surface area contributed by atoms with Gasteiger partial charge >= 0.3 is 8.56 Å². The predicted molar refractivity (Wildman–Crippen MR) is 77.0 cm³/mol. The summed E-state index contributed by atoms with van der Waals surface area (Å²) in [6, 6.07) is 1.11. The molecule has 1 aliphatic heterocycles. The number of fused-ring (bicyclic) bond motifs is 1. The van der Waals surface area contributed by atoms with Crippen molar-refractivity contribution >= 4 is 19.5 Å². The van der Waals surface area contributed by atoms with Crippen molar-refractivity contribution < 1.29 is 13.6 Å². The van der Waals surface area contributed by atoms with Crippen LogP contribution in [0.3, 0.4) is 0 Å². The fourth-order valence-electron chi connectivity index (χ4n) is 2.83. The first-order chi connectivity index (χ1) is 7.68. The van der Waals surface area contributed by atoms with Crippen LogP contribution in [0.25, 0.3) is 0 Å². The van der Waals surface area contributed by atoms with Crippen LogP contribution in [-0.4, -0.2) is 46.0 Å². The summed E-state index contributed by atoms with van der Waals surface area (Å²) in [4.78, 5) is 0. The summed E-state index contributed by atoms with van der Waals surface area (Å²) in [5.74, 6) is 0.811. The lowest BCUT2D eigenvalue weighted by Crippen LogP contribution is -2.36. The van der Waals surface area contributed by atoms with Crippen molar-refractivity contribution in [3.63, 3.8) is 0 Å². The molecule has 1 aliphatic carbocycles. The van der Waals surface area contributed by atoms with Gasteiger partial charge < -0.3 is 13.6 Å². The molecule has 3 atom stereocenters. The van der Waals surface area contributed by atoms with Crippen LogP contribution in [0.4, 0.5) is 0 Å². The van der Waals surface area contributed by atoms with Crippen molar-refractivity contribution in [1.29, 1.82) is 0 Å². The van der Waals surface area contributed by atoms with Crippen LogP contribution >= 0.6 is 0 Å². The first-order valence-electron chi connectivity index (χ1n) is 6.44. The van der Waals surface area contributed by atoms with Gasteiger partial charge in [0.05, 0.1) is 12.2 Å². The highest BCUT2D eigenvalue weighted by molar-refractivity contribution is 6.65. The Morgan fingerprint density at radius 1 is 1.24 bits per heavy atom. The second-order valence-electron chi connectivity index (χ2n) is 5.26. The average Bonchev–Trinajstić information content (AvgIpc) is 3.09. The Kier molecular flexibility index (Phi) is 5.85. The SMILES string of the molecule is CO[Si](C)(CCCC1CCCC2OC12)OC.[SiH4]. The minimum absolute atomic E-state index is 0. The maximum Gasteiger partial charge on any atom is 0.334 e. The molecule has 0 bridgehead atoms. The summed E-state index contributed by atoms with van der Waals surface area (Å²) >= 11 is 0. The van der Waals surface area contributed by atoms with E-state index >= 15 is 0 Å². The Hall–Kier alpha value is 0.314. The van der Waals surface area contributed by atoms with Gasteiger partial charge in [-0.15, -0.1) is 0 Å². The molecule has 2 aliphatic rings. The molecule has 1 saturated carbocycles. The van der Waals surface area contributed by atoms with Crippen molar-refractivity contribution in [2.45, 2.75) is 56.9 Å². The zero-order chi connectivity index (χ0) is 11.6. The second kappa shape index (κ2) is 6.47. The molecule has 102 valence electrons. The molecule has 0 radical (unpaired) electrons. The summed E-state index contributed by atoms with van der Waals surface area (Å²) in [6.07, 6.45) is 7.75. The number of rotatable bonds is 6. The molecule has 0 N–H and O–H groups in total. The molecule has 2 fully saturated rings. The molecule has 5 heteroatoms. The van der Waals surface area contributed by atoms with Gasteiger partial charge in [0, 0.05) is 14.2 Å². The molecular weight excluding hydrogens is 248 g/mol. The standard InChI is InChI=1S/C12H24O3Si.H4Si/c1-13-16(3,14-2)9-5-7-10-6-4-8-11-12(10)15-11;/h10-12H,4-9H2,1-3H3;1H4. The van der Waals surface area contributed by atoms with E-state index in [2.05, 4.69) is 6.55 Å². The molecule has 3 nitrogen and oxygen atoms in total. The lowest BCUT2D eigenvalue weighted by molar-refractivity contribution is 0.244. The van der Waals surface area contributed by atoms with Gasteiger partial charge in [0.2, 0.25) is 0 Å². The van der Waals surface area contributed by atoms with Gasteiger partial charge in [-0.2, -0.15) is 0 Å². The summed E-state index contributed by atoms with van der Waals surface area (Å²) in [6.45, 7) is 2.14. The molecule has 0 spiro atoms. The summed E-state index contributed by atoms with van der Waals surface area (Å²) in [5.41, 5.74) is 0. The highest BCUT2D eigenvalue weighted by Gasteiger charge is 2.46. The number of ether oxygens (including phenoxy) is 1. The van der Waals surface area contributed by atoms with Crippen molar-refractivity contribution in [1.82, 2.24) is 0 Å². The number of epoxide rings is 1. The minimum atomic E-state index is -1.83. The summed E-state index contributed by atoms with van der Waals surface area (Å²) in [5, 5.41) is 0. The smallest absolute Gasteiger partial charge is 0.334 e. The summed E-state index contributed by atoms with van der Waals surface area (Å²) in [7, 11) is 1.72. The van der Waals surface area contributed by atoms with Crippen LogP contribution in [0.2, 0.25) is 12.6 Å². The molecule has 0 aromatic heterocycles. The normalized spacial score (nSPS) is 31.6. The van der Waals surface area contributed by atoms with Crippen LogP contribution in [0, 0.1) is 5.92 Å². The van der Waals surface area contributed by atoms with E-state index in [9.17, 15) is 0 Å². The van der Waals surface area contributed by atoms with Crippen LogP contribution in [-0.2, 0) is 13.6 Å². The van der Waals surface area contributed by atoms with Crippen LogP contribution in [0.15, 0.2) is 0 Å². The van der Waals surface area contributed by atoms with Crippen LogP contribution in [0.1, 0.15) is 32.1 Å². The molecular formula is C12H28O3Si2. The molecule has 3 unspecified atom stereocenters. The van der Waals surface area contributed by atoms with Crippen LogP contribution in [0.5, 0.6) is 0 Å². The molecule has 0 amide bonds. The molecule has 0 aromatic carbocycles. The Labute approximate surface area is 110 Å². The van der Waals surface area contributed by atoms with E-state index in [-0.39, 0.29) is 11.0 Å². The zero-order valence-corrected chi connectivity index (χ0v) is 11.7. The third-order valence-corrected chi connectivity index (χ3v) is 7.21. The van der Waals surface area contributed by atoms with Gasteiger partial charge in [0.25, 0.3) is 0 Å². The summed E-state index contributed by atoms with van der Waals surface area (Å²) < 4.78 is 16.7. The third kappa shape index (κ3) is 3.89. The molecule has 0 aromatic rings. The highest BCUT2D eigenvalue weighted by atomic mass is 28.4. The van der Waals surface area contributed by atoms with Gasteiger partial charge in [-0.05, 0) is 48.7 Å². The quantitative estimate of drug-likeness (QED) is 0.540. The van der Waals surface area contributed by atoms with E-state index < -0.39 is 8.56 Å². The molecule has 1 saturated heterocycles. The van der Waals surface area contributed by atoms with Gasteiger partial charge in [0.15, 0.2) is 0 Å². The van der Waals surface area contributed by atoms with E-state index in [1.165, 1.54) is 32.1 Å². The molecule has 17 heavy (non-hydrogen) atoms. The minimum Gasteiger partial charge on any atom is -0.398 e. The average molecular weight is 277 g/mol. The van der Waals surface area contributed by atoms with Crippen molar-refractivity contribution in [3.8, 4) is 0 Å². The fraction of sp³-hybridized carbons (Fsp3) is 1.00. The number of hydrogen-bond donors (Lipinski definition) is 0. The Morgan fingerprint density at radius 2 is 1.94 bits per heavy atom. The Morgan fingerprint density at radius 3 is 2.59 bits per heavy atom. The van der Waals surface area contributed by atoms with Gasteiger partial charge in [-0.1, -0.05) is 12.8 Å². The van der Waals surface area contributed by atoms with E-state index in [0.29, 0.717) is 12.2 Å². The topological polar surface area (TPSA) is 31.0 Å². The van der Waals surface area contributed by atoms with Crippen molar-refractivity contribution in [3.05, 3.63) is 0 Å². The molecule has 1 heterocycles. The number of hydrogen-bond acceptors (Lipinski definition) is 3. The van der Waals surface area contributed by atoms with Gasteiger partial charge in [0.1, 0.15) is 0 Å². The van der Waals surface area contributed by atoms with Gasteiger partial charge in [-0.25, -0.2) is 0 Å². The Bertz CT molecular complexity index is 234. The first kappa shape index (κ1) is 15.4. The van der Waals surface area contributed by atoms with Gasteiger partial charge in [-0.3, -0.25) is 0 Å². The zero-order valence-electron chi connectivity index (χ0n) is 10.7. The van der Waals surface area contributed by atoms with Crippen molar-refractivity contribution in [2.75, 3.05) is 14.2 Å². The lowest BCUT2D eigenvalue weighted by atomic mass is 9.86. The van der Waals surface area contributed by atoms with Crippen LogP contribution < -0.4 is 0 Å². The van der Waals surface area contributed by atoms with Crippen molar-refractivity contribution in [2.24, 2.45) is 5.92 Å². The van der Waals surface area contributed by atoms with E-state index in [1.807, 2.05) is 0 Å². The van der Waals surface area contributed by atoms with E-state index in [4.69, 9.17) is 13.6 Å². The Balaban J connectivity index is 0.00000144. The predicted octanol–water partition coefficient (Wildman–Crippen LogP) is 1.25. The first-order valence-corrected chi connectivity index (χ1v) is 8.96. The maximum absolute atomic E-state index is 5.67. The lowest BCUT2D eigenvalue weighted by Gasteiger charge is -2.24. The monoisotopic (exact) mass is 276 g/mol. The molecule has 2 rings (SSSR count). The van der Waals surface area contributed by atoms with E-state index in [0.717, 1.165) is 12.0 Å². The second-order valence-corrected chi connectivity index (χ2v) is 8.85. The van der Waals surface area contributed by atoms with E-state index in [1.54, 1.807) is 14.2 Å². The largest absolute Gasteiger partial charge is 0.398 e. The third-order valence-electron chi connectivity index (χ3n) is 4.22.